The summed E-state index contributed by atoms with van der Waals surface area (Å²) in [4.78, 5) is 0. The zero-order valence-electron chi connectivity index (χ0n) is 8.16. The van der Waals surface area contributed by atoms with E-state index in [-0.39, 0.29) is 0 Å². The van der Waals surface area contributed by atoms with Crippen LogP contribution in [0.1, 0.15) is 18.2 Å². The zero-order chi connectivity index (χ0) is 10.1. The molecule has 0 saturated carbocycles. The van der Waals surface area contributed by atoms with Gasteiger partial charge in [0.25, 0.3) is 0 Å². The summed E-state index contributed by atoms with van der Waals surface area (Å²) in [6, 6.07) is 0. The quantitative estimate of drug-likeness (QED) is 0.755. The minimum absolute atomic E-state index is 0.392. The van der Waals surface area contributed by atoms with Gasteiger partial charge in [-0.25, -0.2) is 0 Å². The van der Waals surface area contributed by atoms with E-state index in [1.165, 1.54) is 0 Å². The van der Waals surface area contributed by atoms with Crippen LogP contribution >= 0.6 is 0 Å². The first-order chi connectivity index (χ1) is 6.74. The fourth-order valence-corrected chi connectivity index (χ4v) is 1.46. The standard InChI is InChI=1S/C9H12N4O/c1-3-6-8(13-14-9(6)10)7-4-11-12-5(7)2/h4H,3,10H2,1-2H3,(H,11,12). The Morgan fingerprint density at radius 3 is 2.93 bits per heavy atom. The van der Waals surface area contributed by atoms with E-state index in [4.69, 9.17) is 10.3 Å². The summed E-state index contributed by atoms with van der Waals surface area (Å²) < 4.78 is 4.95. The van der Waals surface area contributed by atoms with E-state index in [0.717, 1.165) is 28.9 Å². The highest BCUT2D eigenvalue weighted by atomic mass is 16.5. The summed E-state index contributed by atoms with van der Waals surface area (Å²) in [5.41, 5.74) is 9.29. The lowest BCUT2D eigenvalue weighted by molar-refractivity contribution is 0.438. The molecule has 0 radical (unpaired) electrons. The Hall–Kier alpha value is -1.78. The van der Waals surface area contributed by atoms with Crippen LogP contribution in [-0.4, -0.2) is 15.4 Å². The maximum atomic E-state index is 5.65. The molecule has 2 heterocycles. The number of aromatic amines is 1. The maximum Gasteiger partial charge on any atom is 0.225 e. The smallest absolute Gasteiger partial charge is 0.225 e. The fraction of sp³-hybridized carbons (Fsp3) is 0.333. The van der Waals surface area contributed by atoms with Crippen LogP contribution in [0.25, 0.3) is 11.3 Å². The molecule has 0 saturated heterocycles. The van der Waals surface area contributed by atoms with Crippen molar-refractivity contribution in [3.05, 3.63) is 17.5 Å². The minimum atomic E-state index is 0.392. The Morgan fingerprint density at radius 1 is 1.57 bits per heavy atom. The molecule has 0 fully saturated rings. The number of H-pyrrole nitrogens is 1. The van der Waals surface area contributed by atoms with Crippen LogP contribution in [0.2, 0.25) is 0 Å². The third-order valence-electron chi connectivity index (χ3n) is 2.26. The van der Waals surface area contributed by atoms with E-state index in [1.807, 2.05) is 13.8 Å². The first-order valence-corrected chi connectivity index (χ1v) is 4.48. The fourth-order valence-electron chi connectivity index (χ4n) is 1.46. The van der Waals surface area contributed by atoms with Crippen molar-refractivity contribution in [1.29, 1.82) is 0 Å². The highest BCUT2D eigenvalue weighted by molar-refractivity contribution is 5.68. The second-order valence-electron chi connectivity index (χ2n) is 3.14. The molecule has 0 unspecified atom stereocenters. The van der Waals surface area contributed by atoms with Gasteiger partial charge in [-0.1, -0.05) is 12.1 Å². The number of nitrogens with zero attached hydrogens (tertiary/aromatic N) is 2. The summed E-state index contributed by atoms with van der Waals surface area (Å²) in [7, 11) is 0. The highest BCUT2D eigenvalue weighted by Gasteiger charge is 2.16. The predicted octanol–water partition coefficient (Wildman–Crippen LogP) is 1.52. The van der Waals surface area contributed by atoms with Crippen molar-refractivity contribution in [3.8, 4) is 11.3 Å². The molecule has 2 aromatic heterocycles. The number of hydrogen-bond acceptors (Lipinski definition) is 4. The molecule has 0 atom stereocenters. The first kappa shape index (κ1) is 8.80. The number of nitrogen functional groups attached to an aromatic ring is 1. The molecule has 0 aliphatic rings. The molecule has 0 bridgehead atoms. The normalized spacial score (nSPS) is 10.7. The van der Waals surface area contributed by atoms with Crippen LogP contribution in [0.3, 0.4) is 0 Å². The molecule has 0 aromatic carbocycles. The molecule has 0 amide bonds. The molecule has 2 aromatic rings. The summed E-state index contributed by atoms with van der Waals surface area (Å²) >= 11 is 0. The highest BCUT2D eigenvalue weighted by Crippen LogP contribution is 2.28. The Balaban J connectivity index is 2.57. The van der Waals surface area contributed by atoms with Gasteiger partial charge >= 0.3 is 0 Å². The molecule has 0 aliphatic carbocycles. The van der Waals surface area contributed by atoms with Crippen molar-refractivity contribution in [2.45, 2.75) is 20.3 Å². The van der Waals surface area contributed by atoms with E-state index in [1.54, 1.807) is 6.20 Å². The lowest BCUT2D eigenvalue weighted by atomic mass is 10.1. The summed E-state index contributed by atoms with van der Waals surface area (Å²) in [6.45, 7) is 3.95. The van der Waals surface area contributed by atoms with Crippen LogP contribution in [0.4, 0.5) is 5.88 Å². The van der Waals surface area contributed by atoms with Crippen molar-refractivity contribution in [1.82, 2.24) is 15.4 Å². The molecule has 14 heavy (non-hydrogen) atoms. The SMILES string of the molecule is CCc1c(-c2cn[nH]c2C)noc1N. The van der Waals surface area contributed by atoms with Gasteiger partial charge in [0.2, 0.25) is 5.88 Å². The Labute approximate surface area is 81.3 Å². The van der Waals surface area contributed by atoms with Crippen molar-refractivity contribution in [2.24, 2.45) is 0 Å². The predicted molar refractivity (Wildman–Crippen MR) is 52.6 cm³/mol. The van der Waals surface area contributed by atoms with Gasteiger partial charge in [-0.2, -0.15) is 5.10 Å². The maximum absolute atomic E-state index is 5.65. The van der Waals surface area contributed by atoms with Crippen molar-refractivity contribution in [2.75, 3.05) is 5.73 Å². The van der Waals surface area contributed by atoms with Gasteiger partial charge in [-0.15, -0.1) is 0 Å². The molecular formula is C9H12N4O. The molecule has 5 heteroatoms. The second kappa shape index (κ2) is 3.17. The molecule has 0 aliphatic heterocycles. The third-order valence-corrected chi connectivity index (χ3v) is 2.26. The Kier molecular flexibility index (Phi) is 1.99. The molecule has 2 rings (SSSR count). The van der Waals surface area contributed by atoms with Gasteiger partial charge in [0, 0.05) is 16.8 Å². The Morgan fingerprint density at radius 2 is 2.36 bits per heavy atom. The van der Waals surface area contributed by atoms with Crippen molar-refractivity contribution < 1.29 is 4.52 Å². The average molecular weight is 192 g/mol. The van der Waals surface area contributed by atoms with Crippen LogP contribution in [0.5, 0.6) is 0 Å². The number of rotatable bonds is 2. The first-order valence-electron chi connectivity index (χ1n) is 4.48. The average Bonchev–Trinajstić information content (AvgIpc) is 2.71. The van der Waals surface area contributed by atoms with Crippen molar-refractivity contribution in [3.63, 3.8) is 0 Å². The second-order valence-corrected chi connectivity index (χ2v) is 3.14. The van der Waals surface area contributed by atoms with Gasteiger partial charge in [-0.05, 0) is 13.3 Å². The van der Waals surface area contributed by atoms with Crippen LogP contribution in [0.15, 0.2) is 10.7 Å². The largest absolute Gasteiger partial charge is 0.367 e. The number of aryl methyl sites for hydroxylation is 1. The topological polar surface area (TPSA) is 80.7 Å². The van der Waals surface area contributed by atoms with Gasteiger partial charge < -0.3 is 10.3 Å². The van der Waals surface area contributed by atoms with E-state index in [0.29, 0.717) is 5.88 Å². The number of nitrogens with one attached hydrogen (secondary N) is 1. The lowest BCUT2D eigenvalue weighted by Gasteiger charge is -1.96. The monoisotopic (exact) mass is 192 g/mol. The van der Waals surface area contributed by atoms with Gasteiger partial charge in [0.05, 0.1) is 6.20 Å². The molecule has 3 N–H and O–H groups in total. The summed E-state index contributed by atoms with van der Waals surface area (Å²) in [5, 5.41) is 10.7. The molecule has 74 valence electrons. The van der Waals surface area contributed by atoms with Crippen LogP contribution < -0.4 is 5.73 Å². The van der Waals surface area contributed by atoms with E-state index < -0.39 is 0 Å². The molecule has 0 spiro atoms. The number of aromatic nitrogens is 3. The van der Waals surface area contributed by atoms with Crippen LogP contribution in [-0.2, 0) is 6.42 Å². The van der Waals surface area contributed by atoms with E-state index in [9.17, 15) is 0 Å². The molecule has 5 nitrogen and oxygen atoms in total. The van der Waals surface area contributed by atoms with Gasteiger partial charge in [0.15, 0.2) is 0 Å². The number of nitrogens with two attached hydrogens (primary N) is 1. The molecular weight excluding hydrogens is 180 g/mol. The minimum Gasteiger partial charge on any atom is -0.367 e. The van der Waals surface area contributed by atoms with E-state index >= 15 is 0 Å². The van der Waals surface area contributed by atoms with Gasteiger partial charge in [0.1, 0.15) is 5.69 Å². The Bertz CT molecular complexity index is 443. The van der Waals surface area contributed by atoms with Crippen molar-refractivity contribution >= 4 is 5.88 Å². The summed E-state index contributed by atoms with van der Waals surface area (Å²) in [6.07, 6.45) is 2.53. The lowest BCUT2D eigenvalue weighted by Crippen LogP contribution is -1.90. The third kappa shape index (κ3) is 1.17. The van der Waals surface area contributed by atoms with Gasteiger partial charge in [-0.3, -0.25) is 5.10 Å². The summed E-state index contributed by atoms with van der Waals surface area (Å²) in [5.74, 6) is 0.392. The zero-order valence-corrected chi connectivity index (χ0v) is 8.16. The van der Waals surface area contributed by atoms with E-state index in [2.05, 4.69) is 15.4 Å². The van der Waals surface area contributed by atoms with Crippen LogP contribution in [0, 0.1) is 6.92 Å². The number of anilines is 1. The number of hydrogen-bond donors (Lipinski definition) is 2.